The Labute approximate surface area is 197 Å². The van der Waals surface area contributed by atoms with Crippen molar-refractivity contribution in [1.29, 1.82) is 0 Å². The Balaban J connectivity index is 2.48. The van der Waals surface area contributed by atoms with E-state index in [2.05, 4.69) is 5.32 Å². The van der Waals surface area contributed by atoms with E-state index in [0.717, 1.165) is 25.3 Å². The summed E-state index contributed by atoms with van der Waals surface area (Å²) in [6, 6.07) is 14.0. The van der Waals surface area contributed by atoms with Crippen LogP contribution in [0.15, 0.2) is 48.5 Å². The van der Waals surface area contributed by atoms with Gasteiger partial charge in [-0.2, -0.15) is 12.7 Å². The maximum Gasteiger partial charge on any atom is 0.304 e. The van der Waals surface area contributed by atoms with Crippen LogP contribution < -0.4 is 9.62 Å². The molecule has 0 aliphatic carbocycles. The molecule has 2 aromatic rings. The van der Waals surface area contributed by atoms with E-state index in [4.69, 9.17) is 0 Å². The van der Waals surface area contributed by atoms with Crippen LogP contribution in [-0.2, 0) is 26.3 Å². The van der Waals surface area contributed by atoms with Gasteiger partial charge in [-0.3, -0.25) is 9.59 Å². The second kappa shape index (κ2) is 11.3. The molecule has 0 radical (unpaired) electrons. The van der Waals surface area contributed by atoms with E-state index in [9.17, 15) is 18.0 Å². The van der Waals surface area contributed by atoms with Gasteiger partial charge in [-0.15, -0.1) is 0 Å². The van der Waals surface area contributed by atoms with Gasteiger partial charge in [0.25, 0.3) is 0 Å². The lowest BCUT2D eigenvalue weighted by molar-refractivity contribution is -0.139. The largest absolute Gasteiger partial charge is 0.355 e. The number of carbonyl (C=O) groups is 2. The third-order valence-corrected chi connectivity index (χ3v) is 7.17. The predicted octanol–water partition coefficient (Wildman–Crippen LogP) is 2.47. The molecule has 2 amide bonds. The van der Waals surface area contributed by atoms with Crippen LogP contribution in [-0.4, -0.2) is 62.7 Å². The molecule has 2 rings (SSSR count). The Morgan fingerprint density at radius 2 is 1.67 bits per heavy atom. The Bertz CT molecular complexity index is 1070. The molecule has 0 spiro atoms. The zero-order valence-electron chi connectivity index (χ0n) is 20.2. The van der Waals surface area contributed by atoms with E-state index in [1.54, 1.807) is 26.8 Å². The Hall–Kier alpha value is -2.91. The van der Waals surface area contributed by atoms with E-state index < -0.39 is 28.7 Å². The minimum absolute atomic E-state index is 0.181. The van der Waals surface area contributed by atoms with Crippen molar-refractivity contribution in [3.63, 3.8) is 0 Å². The van der Waals surface area contributed by atoms with Crippen LogP contribution >= 0.6 is 0 Å². The summed E-state index contributed by atoms with van der Waals surface area (Å²) in [5.41, 5.74) is 2.88. The molecule has 8 nitrogen and oxygen atoms in total. The number of hydrogen-bond donors (Lipinski definition) is 1. The lowest BCUT2D eigenvalue weighted by Gasteiger charge is -2.33. The topological polar surface area (TPSA) is 90.0 Å². The van der Waals surface area contributed by atoms with Gasteiger partial charge >= 0.3 is 10.2 Å². The number of carbonyl (C=O) groups excluding carboxylic acids is 2. The Morgan fingerprint density at radius 1 is 1.03 bits per heavy atom. The third-order valence-electron chi connectivity index (χ3n) is 5.37. The molecule has 0 heterocycles. The third kappa shape index (κ3) is 6.55. The minimum Gasteiger partial charge on any atom is -0.355 e. The second-order valence-electron chi connectivity index (χ2n) is 8.16. The predicted molar refractivity (Wildman–Crippen MR) is 131 cm³/mol. The standard InChI is InChI=1S/C24H34N4O4S/c1-7-25-24(30)20(4)27(16-21-11-9-8-10-12-21)23(29)17-28(33(31,32)26(5)6)22-15-18(2)13-14-19(22)3/h8-15,20H,7,16-17H2,1-6H3,(H,25,30). The SMILES string of the molecule is CCNC(=O)C(C)N(Cc1ccccc1)C(=O)CN(c1cc(C)ccc1C)S(=O)(=O)N(C)C. The molecular weight excluding hydrogens is 440 g/mol. The van der Waals surface area contributed by atoms with Gasteiger partial charge in [0.15, 0.2) is 0 Å². The first-order chi connectivity index (χ1) is 15.5. The van der Waals surface area contributed by atoms with Gasteiger partial charge in [0.2, 0.25) is 11.8 Å². The normalized spacial score (nSPS) is 12.3. The van der Waals surface area contributed by atoms with Crippen molar-refractivity contribution in [2.45, 2.75) is 40.3 Å². The van der Waals surface area contributed by atoms with Gasteiger partial charge in [-0.1, -0.05) is 42.5 Å². The van der Waals surface area contributed by atoms with Crippen LogP contribution in [0.25, 0.3) is 0 Å². The number of anilines is 1. The molecule has 0 saturated carbocycles. The average Bonchev–Trinajstić information content (AvgIpc) is 2.77. The molecule has 0 aromatic heterocycles. The number of likely N-dealkylation sites (N-methyl/N-ethyl adjacent to an activating group) is 1. The highest BCUT2D eigenvalue weighted by molar-refractivity contribution is 7.90. The molecule has 1 atom stereocenters. The van der Waals surface area contributed by atoms with Crippen LogP contribution in [0.3, 0.4) is 0 Å². The van der Waals surface area contributed by atoms with Gasteiger partial charge < -0.3 is 10.2 Å². The number of amides is 2. The smallest absolute Gasteiger partial charge is 0.304 e. The van der Waals surface area contributed by atoms with Gasteiger partial charge in [0, 0.05) is 27.2 Å². The molecule has 33 heavy (non-hydrogen) atoms. The zero-order chi connectivity index (χ0) is 24.8. The van der Waals surface area contributed by atoms with E-state index in [-0.39, 0.29) is 12.5 Å². The number of nitrogens with zero attached hydrogens (tertiary/aromatic N) is 3. The first kappa shape index (κ1) is 26.3. The van der Waals surface area contributed by atoms with Gasteiger partial charge in [0.05, 0.1) is 5.69 Å². The van der Waals surface area contributed by atoms with Gasteiger partial charge in [0.1, 0.15) is 12.6 Å². The highest BCUT2D eigenvalue weighted by atomic mass is 32.2. The van der Waals surface area contributed by atoms with Crippen molar-refractivity contribution in [2.24, 2.45) is 0 Å². The lowest BCUT2D eigenvalue weighted by Crippen LogP contribution is -2.52. The molecule has 2 aromatic carbocycles. The summed E-state index contributed by atoms with van der Waals surface area (Å²) >= 11 is 0. The zero-order valence-corrected chi connectivity index (χ0v) is 21.0. The molecule has 1 unspecified atom stereocenters. The lowest BCUT2D eigenvalue weighted by atomic mass is 10.1. The number of benzene rings is 2. The maximum atomic E-state index is 13.6. The number of aryl methyl sites for hydroxylation is 2. The highest BCUT2D eigenvalue weighted by Crippen LogP contribution is 2.26. The van der Waals surface area contributed by atoms with Gasteiger partial charge in [-0.05, 0) is 50.5 Å². The first-order valence-electron chi connectivity index (χ1n) is 10.9. The molecule has 0 saturated heterocycles. The minimum atomic E-state index is -3.97. The number of nitrogens with one attached hydrogen (secondary N) is 1. The van der Waals surface area contributed by atoms with E-state index in [1.807, 2.05) is 49.4 Å². The second-order valence-corrected chi connectivity index (χ2v) is 10.2. The molecule has 0 aliphatic rings. The fourth-order valence-corrected chi connectivity index (χ4v) is 4.49. The summed E-state index contributed by atoms with van der Waals surface area (Å²) in [4.78, 5) is 27.6. The molecule has 180 valence electrons. The van der Waals surface area contributed by atoms with E-state index in [1.165, 1.54) is 19.0 Å². The number of hydrogen-bond acceptors (Lipinski definition) is 4. The van der Waals surface area contributed by atoms with Crippen LogP contribution in [0.5, 0.6) is 0 Å². The number of rotatable bonds is 10. The molecule has 0 bridgehead atoms. The maximum absolute atomic E-state index is 13.6. The summed E-state index contributed by atoms with van der Waals surface area (Å²) in [7, 11) is -1.12. The van der Waals surface area contributed by atoms with Crippen LogP contribution in [0.2, 0.25) is 0 Å². The van der Waals surface area contributed by atoms with Crippen molar-refractivity contribution < 1.29 is 18.0 Å². The fraction of sp³-hybridized carbons (Fsp3) is 0.417. The molecular formula is C24H34N4O4S. The summed E-state index contributed by atoms with van der Waals surface area (Å²) in [6.07, 6.45) is 0. The van der Waals surface area contributed by atoms with Crippen molar-refractivity contribution in [2.75, 3.05) is 31.5 Å². The van der Waals surface area contributed by atoms with Crippen LogP contribution in [0.4, 0.5) is 5.69 Å². The summed E-state index contributed by atoms with van der Waals surface area (Å²) in [5, 5.41) is 2.74. The molecule has 0 aliphatic heterocycles. The quantitative estimate of drug-likeness (QED) is 0.573. The monoisotopic (exact) mass is 474 g/mol. The van der Waals surface area contributed by atoms with Crippen molar-refractivity contribution in [3.05, 3.63) is 65.2 Å². The van der Waals surface area contributed by atoms with E-state index >= 15 is 0 Å². The fourth-order valence-electron chi connectivity index (χ4n) is 3.37. The van der Waals surface area contributed by atoms with Crippen molar-refractivity contribution in [1.82, 2.24) is 14.5 Å². The summed E-state index contributed by atoms with van der Waals surface area (Å²) in [6.45, 7) is 7.30. The molecule has 9 heteroatoms. The van der Waals surface area contributed by atoms with E-state index in [0.29, 0.717) is 12.2 Å². The summed E-state index contributed by atoms with van der Waals surface area (Å²) < 4.78 is 28.6. The molecule has 1 N–H and O–H groups in total. The van der Waals surface area contributed by atoms with Crippen LogP contribution in [0, 0.1) is 13.8 Å². The Kier molecular flexibility index (Phi) is 9.01. The van der Waals surface area contributed by atoms with Gasteiger partial charge in [-0.25, -0.2) is 4.31 Å². The highest BCUT2D eigenvalue weighted by Gasteiger charge is 2.33. The Morgan fingerprint density at radius 3 is 2.24 bits per heavy atom. The van der Waals surface area contributed by atoms with Crippen LogP contribution in [0.1, 0.15) is 30.5 Å². The first-order valence-corrected chi connectivity index (χ1v) is 12.3. The summed E-state index contributed by atoms with van der Waals surface area (Å²) in [5.74, 6) is -0.764. The molecule has 0 fully saturated rings. The van der Waals surface area contributed by atoms with Crippen molar-refractivity contribution in [3.8, 4) is 0 Å². The average molecular weight is 475 g/mol. The van der Waals surface area contributed by atoms with Crippen molar-refractivity contribution >= 4 is 27.7 Å².